The van der Waals surface area contributed by atoms with Gasteiger partial charge in [-0.1, -0.05) is 47.5 Å². The van der Waals surface area contributed by atoms with Gasteiger partial charge in [-0.25, -0.2) is 0 Å². The molecule has 1 aliphatic heterocycles. The van der Waals surface area contributed by atoms with Gasteiger partial charge in [0.2, 0.25) is 5.91 Å². The van der Waals surface area contributed by atoms with Crippen LogP contribution in [-0.2, 0) is 4.79 Å². The fraction of sp³-hybridized carbons (Fsp3) is 0.381. The highest BCUT2D eigenvalue weighted by Gasteiger charge is 2.46. The number of hydrogen-bond donors (Lipinski definition) is 0. The minimum absolute atomic E-state index is 0.0920. The SMILES string of the molecule is Cc1ccc(Cl)cc1N1CCN(C(=O)C2CC2c2ccccc2Cl)CC1. The molecule has 1 saturated carbocycles. The van der Waals surface area contributed by atoms with Gasteiger partial charge in [-0.05, 0) is 48.6 Å². The van der Waals surface area contributed by atoms with Crippen LogP contribution in [0.4, 0.5) is 5.69 Å². The molecule has 2 aromatic carbocycles. The average molecular weight is 389 g/mol. The minimum atomic E-state index is 0.0920. The van der Waals surface area contributed by atoms with Crippen LogP contribution >= 0.6 is 23.2 Å². The first-order chi connectivity index (χ1) is 12.5. The standard InChI is InChI=1S/C21H22Cl2N2O/c1-14-6-7-15(22)12-20(14)24-8-10-25(11-9-24)21(26)18-13-17(18)16-4-2-3-5-19(16)23/h2-7,12,17-18H,8-11,13H2,1H3. The van der Waals surface area contributed by atoms with E-state index in [1.165, 1.54) is 11.3 Å². The van der Waals surface area contributed by atoms with Gasteiger partial charge in [0.25, 0.3) is 0 Å². The molecule has 0 aromatic heterocycles. The number of carbonyl (C=O) groups excluding carboxylic acids is 1. The van der Waals surface area contributed by atoms with Crippen molar-refractivity contribution < 1.29 is 4.79 Å². The lowest BCUT2D eigenvalue weighted by atomic mass is 10.1. The molecule has 0 radical (unpaired) electrons. The molecule has 1 saturated heterocycles. The second-order valence-corrected chi connectivity index (χ2v) is 8.06. The Kier molecular flexibility index (Phi) is 4.85. The lowest BCUT2D eigenvalue weighted by Gasteiger charge is -2.37. The Morgan fingerprint density at radius 2 is 1.77 bits per heavy atom. The summed E-state index contributed by atoms with van der Waals surface area (Å²) in [5.74, 6) is 0.649. The second-order valence-electron chi connectivity index (χ2n) is 7.21. The van der Waals surface area contributed by atoms with Gasteiger partial charge in [0.1, 0.15) is 0 Å². The normalized spacial score (nSPS) is 22.4. The van der Waals surface area contributed by atoms with E-state index in [0.717, 1.165) is 48.2 Å². The summed E-state index contributed by atoms with van der Waals surface area (Å²) >= 11 is 12.4. The van der Waals surface area contributed by atoms with Crippen LogP contribution in [0.5, 0.6) is 0 Å². The Labute approximate surface area is 164 Å². The van der Waals surface area contributed by atoms with Crippen molar-refractivity contribution in [2.24, 2.45) is 5.92 Å². The molecular formula is C21H22Cl2N2O. The minimum Gasteiger partial charge on any atom is -0.368 e. The first-order valence-electron chi connectivity index (χ1n) is 9.09. The summed E-state index contributed by atoms with van der Waals surface area (Å²) in [6, 6.07) is 13.9. The number of carbonyl (C=O) groups is 1. The van der Waals surface area contributed by atoms with E-state index >= 15 is 0 Å². The summed E-state index contributed by atoms with van der Waals surface area (Å²) in [4.78, 5) is 17.2. The highest BCUT2D eigenvalue weighted by atomic mass is 35.5. The first-order valence-corrected chi connectivity index (χ1v) is 9.84. The number of rotatable bonds is 3. The summed E-state index contributed by atoms with van der Waals surface area (Å²) in [7, 11) is 0. The van der Waals surface area contributed by atoms with Crippen molar-refractivity contribution in [3.63, 3.8) is 0 Å². The summed E-state index contributed by atoms with van der Waals surface area (Å²) in [5.41, 5.74) is 3.50. The van der Waals surface area contributed by atoms with Crippen molar-refractivity contribution in [2.45, 2.75) is 19.3 Å². The zero-order valence-corrected chi connectivity index (χ0v) is 16.3. The first kappa shape index (κ1) is 17.7. The van der Waals surface area contributed by atoms with E-state index in [2.05, 4.69) is 11.8 Å². The summed E-state index contributed by atoms with van der Waals surface area (Å²) in [5, 5.41) is 1.53. The largest absolute Gasteiger partial charge is 0.368 e. The fourth-order valence-electron chi connectivity index (χ4n) is 3.91. The number of amides is 1. The molecule has 1 aliphatic carbocycles. The molecule has 2 fully saturated rings. The van der Waals surface area contributed by atoms with E-state index in [-0.39, 0.29) is 17.7 Å². The van der Waals surface area contributed by atoms with Crippen LogP contribution in [0.15, 0.2) is 42.5 Å². The number of halogens is 2. The van der Waals surface area contributed by atoms with Crippen LogP contribution in [0, 0.1) is 12.8 Å². The Bertz CT molecular complexity index is 831. The molecule has 0 N–H and O–H groups in total. The summed E-state index contributed by atoms with van der Waals surface area (Å²) in [6.45, 7) is 5.31. The molecule has 0 spiro atoms. The van der Waals surface area contributed by atoms with E-state index < -0.39 is 0 Å². The molecule has 2 aliphatic rings. The van der Waals surface area contributed by atoms with Crippen molar-refractivity contribution in [3.05, 3.63) is 63.6 Å². The van der Waals surface area contributed by atoms with Crippen LogP contribution in [0.2, 0.25) is 10.0 Å². The lowest BCUT2D eigenvalue weighted by Crippen LogP contribution is -2.49. The quantitative estimate of drug-likeness (QED) is 0.756. The maximum atomic E-state index is 12.9. The Morgan fingerprint density at radius 1 is 1.04 bits per heavy atom. The molecule has 1 heterocycles. The third-order valence-electron chi connectivity index (χ3n) is 5.52. The smallest absolute Gasteiger partial charge is 0.226 e. The molecular weight excluding hydrogens is 367 g/mol. The third-order valence-corrected chi connectivity index (χ3v) is 6.09. The topological polar surface area (TPSA) is 23.6 Å². The van der Waals surface area contributed by atoms with Gasteiger partial charge in [-0.2, -0.15) is 0 Å². The Hall–Kier alpha value is -1.71. The van der Waals surface area contributed by atoms with Crippen LogP contribution in [0.25, 0.3) is 0 Å². The molecule has 3 nitrogen and oxygen atoms in total. The Morgan fingerprint density at radius 3 is 2.50 bits per heavy atom. The molecule has 0 bridgehead atoms. The second kappa shape index (κ2) is 7.13. The predicted octanol–water partition coefficient (Wildman–Crippen LogP) is 4.75. The zero-order chi connectivity index (χ0) is 18.3. The van der Waals surface area contributed by atoms with Gasteiger partial charge in [0, 0.05) is 47.8 Å². The van der Waals surface area contributed by atoms with E-state index in [4.69, 9.17) is 23.2 Å². The van der Waals surface area contributed by atoms with Crippen LogP contribution < -0.4 is 4.90 Å². The van der Waals surface area contributed by atoms with Gasteiger partial charge in [0.15, 0.2) is 0 Å². The van der Waals surface area contributed by atoms with Gasteiger partial charge < -0.3 is 9.80 Å². The summed E-state index contributed by atoms with van der Waals surface area (Å²) < 4.78 is 0. The molecule has 4 rings (SSSR count). The van der Waals surface area contributed by atoms with E-state index in [1.807, 2.05) is 47.4 Å². The third kappa shape index (κ3) is 3.43. The molecule has 1 amide bonds. The van der Waals surface area contributed by atoms with Crippen LogP contribution in [0.1, 0.15) is 23.5 Å². The Balaban J connectivity index is 1.37. The average Bonchev–Trinajstić information content (AvgIpc) is 3.44. The van der Waals surface area contributed by atoms with E-state index in [9.17, 15) is 4.79 Å². The van der Waals surface area contributed by atoms with Gasteiger partial charge in [0.05, 0.1) is 0 Å². The van der Waals surface area contributed by atoms with Crippen molar-refractivity contribution in [2.75, 3.05) is 31.1 Å². The van der Waals surface area contributed by atoms with E-state index in [0.29, 0.717) is 0 Å². The number of hydrogen-bond acceptors (Lipinski definition) is 2. The molecule has 2 aromatic rings. The van der Waals surface area contributed by atoms with Crippen LogP contribution in [-0.4, -0.2) is 37.0 Å². The molecule has 136 valence electrons. The van der Waals surface area contributed by atoms with Crippen molar-refractivity contribution in [1.29, 1.82) is 0 Å². The fourth-order valence-corrected chi connectivity index (χ4v) is 4.36. The van der Waals surface area contributed by atoms with Crippen LogP contribution in [0.3, 0.4) is 0 Å². The maximum absolute atomic E-state index is 12.9. The number of piperazine rings is 1. The highest BCUT2D eigenvalue weighted by molar-refractivity contribution is 6.31. The lowest BCUT2D eigenvalue weighted by molar-refractivity contribution is -0.132. The number of anilines is 1. The maximum Gasteiger partial charge on any atom is 0.226 e. The number of aryl methyl sites for hydroxylation is 1. The van der Waals surface area contributed by atoms with Gasteiger partial charge in [-0.3, -0.25) is 4.79 Å². The zero-order valence-electron chi connectivity index (χ0n) is 14.8. The van der Waals surface area contributed by atoms with Gasteiger partial charge >= 0.3 is 0 Å². The monoisotopic (exact) mass is 388 g/mol. The molecule has 2 atom stereocenters. The molecule has 5 heteroatoms. The molecule has 26 heavy (non-hydrogen) atoms. The number of nitrogens with zero attached hydrogens (tertiary/aromatic N) is 2. The summed E-state index contributed by atoms with van der Waals surface area (Å²) in [6.07, 6.45) is 0.913. The van der Waals surface area contributed by atoms with Gasteiger partial charge in [-0.15, -0.1) is 0 Å². The van der Waals surface area contributed by atoms with Crippen molar-refractivity contribution >= 4 is 34.8 Å². The number of benzene rings is 2. The van der Waals surface area contributed by atoms with Crippen molar-refractivity contribution in [3.8, 4) is 0 Å². The predicted molar refractivity (Wildman–Crippen MR) is 107 cm³/mol. The van der Waals surface area contributed by atoms with Crippen molar-refractivity contribution in [1.82, 2.24) is 4.90 Å². The van der Waals surface area contributed by atoms with E-state index in [1.54, 1.807) is 0 Å². The highest BCUT2D eigenvalue weighted by Crippen LogP contribution is 2.50. The molecule has 2 unspecified atom stereocenters.